The summed E-state index contributed by atoms with van der Waals surface area (Å²) in [6, 6.07) is 14.1. The molecule has 2 aromatic rings. The minimum absolute atomic E-state index is 0.132. The van der Waals surface area contributed by atoms with Gasteiger partial charge in [0.15, 0.2) is 11.5 Å². The molecule has 0 aromatic heterocycles. The third-order valence-electron chi connectivity index (χ3n) is 9.58. The van der Waals surface area contributed by atoms with E-state index in [4.69, 9.17) is 18.9 Å². The lowest BCUT2D eigenvalue weighted by Gasteiger charge is -2.66. The summed E-state index contributed by atoms with van der Waals surface area (Å²) in [7, 11) is 2.00. The Balaban J connectivity index is 1.72. The van der Waals surface area contributed by atoms with Gasteiger partial charge in [-0.1, -0.05) is 43.2 Å². The second kappa shape index (κ2) is 9.61. The predicted molar refractivity (Wildman–Crippen MR) is 145 cm³/mol. The lowest BCUT2D eigenvalue weighted by molar-refractivity contribution is -0.168. The quantitative estimate of drug-likeness (QED) is 0.471. The van der Waals surface area contributed by atoms with Gasteiger partial charge in [0.25, 0.3) is 0 Å². The number of hydrogen-bond acceptors (Lipinski definition) is 7. The fourth-order valence-corrected chi connectivity index (χ4v) is 8.00. The smallest absolute Gasteiger partial charge is 0.336 e. The van der Waals surface area contributed by atoms with E-state index in [0.717, 1.165) is 53.8 Å². The molecule has 3 atom stereocenters. The summed E-state index contributed by atoms with van der Waals surface area (Å²) < 4.78 is 23.3. The number of ether oxygens (including phenoxy) is 4. The van der Waals surface area contributed by atoms with Crippen molar-refractivity contribution in [2.24, 2.45) is 11.8 Å². The summed E-state index contributed by atoms with van der Waals surface area (Å²) in [4.78, 5) is 30.8. The van der Waals surface area contributed by atoms with Crippen LogP contribution in [0.3, 0.4) is 0 Å². The molecule has 39 heavy (non-hydrogen) atoms. The standard InChI is InChI=1S/C32H37NO6/c1-5-36-29(34)27-20(3)33(4)31(18-22-16-25-26(17-24(22)31)39-19-38-25)32(30(35)37-6-2,23-14-8-7-9-15-23)28(27)21-12-10-11-13-21/h7-9,14-17,21,28H,5-6,10-13,18-19H2,1-4H3/t28-,31-,32+/m0/s1. The Kier molecular flexibility index (Phi) is 6.35. The molecule has 1 fully saturated rings. The molecule has 0 radical (unpaired) electrons. The number of nitrogens with zero attached hydrogens (tertiary/aromatic N) is 1. The number of benzene rings is 2. The van der Waals surface area contributed by atoms with E-state index in [1.807, 2.05) is 70.3 Å². The van der Waals surface area contributed by atoms with Gasteiger partial charge in [-0.25, -0.2) is 4.79 Å². The molecule has 2 heterocycles. The van der Waals surface area contributed by atoms with Crippen molar-refractivity contribution in [3.63, 3.8) is 0 Å². The molecule has 0 bridgehead atoms. The maximum atomic E-state index is 14.8. The molecule has 2 aromatic carbocycles. The van der Waals surface area contributed by atoms with Crippen molar-refractivity contribution in [2.45, 2.75) is 63.8 Å². The van der Waals surface area contributed by atoms with Crippen molar-refractivity contribution in [1.82, 2.24) is 4.90 Å². The van der Waals surface area contributed by atoms with Gasteiger partial charge < -0.3 is 23.8 Å². The maximum Gasteiger partial charge on any atom is 0.336 e. The van der Waals surface area contributed by atoms with Gasteiger partial charge in [-0.3, -0.25) is 4.79 Å². The topological polar surface area (TPSA) is 74.3 Å². The van der Waals surface area contributed by atoms with Crippen LogP contribution in [0, 0.1) is 11.8 Å². The van der Waals surface area contributed by atoms with Crippen LogP contribution in [0.2, 0.25) is 0 Å². The predicted octanol–water partition coefficient (Wildman–Crippen LogP) is 5.26. The number of allylic oxidation sites excluding steroid dienone is 1. The Bertz CT molecular complexity index is 1330. The monoisotopic (exact) mass is 531 g/mol. The van der Waals surface area contributed by atoms with Crippen molar-refractivity contribution in [3.05, 3.63) is 70.4 Å². The Morgan fingerprint density at radius 1 is 1.00 bits per heavy atom. The van der Waals surface area contributed by atoms with Crippen molar-refractivity contribution in [1.29, 1.82) is 0 Å². The Morgan fingerprint density at radius 2 is 1.67 bits per heavy atom. The Morgan fingerprint density at radius 3 is 2.33 bits per heavy atom. The molecular formula is C32H37NO6. The minimum atomic E-state index is -1.18. The van der Waals surface area contributed by atoms with Crippen LogP contribution in [0.4, 0.5) is 0 Å². The molecule has 7 nitrogen and oxygen atoms in total. The maximum absolute atomic E-state index is 14.8. The average Bonchev–Trinajstić information content (AvgIpc) is 3.62. The number of fused-ring (bicyclic) bond motifs is 3. The summed E-state index contributed by atoms with van der Waals surface area (Å²) in [6.07, 6.45) is 4.65. The molecule has 7 heteroatoms. The van der Waals surface area contributed by atoms with Gasteiger partial charge in [-0.2, -0.15) is 0 Å². The molecule has 1 saturated carbocycles. The first-order valence-corrected chi connectivity index (χ1v) is 14.2. The SMILES string of the molecule is CCOC(=O)C1=C(C)N(C)[C@]2(Cc3cc4c(cc32)OCO4)[C@](C(=O)OCC)(c2ccccc2)[C@H]1C1CCCC1. The number of hydrogen-bond donors (Lipinski definition) is 0. The number of carbonyl (C=O) groups excluding carboxylic acids is 2. The van der Waals surface area contributed by atoms with Crippen LogP contribution in [-0.2, 0) is 36.4 Å². The molecule has 2 aliphatic heterocycles. The highest BCUT2D eigenvalue weighted by Crippen LogP contribution is 2.67. The van der Waals surface area contributed by atoms with Gasteiger partial charge in [0.2, 0.25) is 6.79 Å². The van der Waals surface area contributed by atoms with Crippen LogP contribution in [0.5, 0.6) is 11.5 Å². The van der Waals surface area contributed by atoms with Gasteiger partial charge in [0.05, 0.1) is 24.3 Å². The Hall–Kier alpha value is -3.48. The van der Waals surface area contributed by atoms with Gasteiger partial charge in [-0.15, -0.1) is 0 Å². The highest BCUT2D eigenvalue weighted by Gasteiger charge is 2.73. The summed E-state index contributed by atoms with van der Waals surface area (Å²) in [5.41, 5.74) is 2.49. The van der Waals surface area contributed by atoms with Gasteiger partial charge in [0.1, 0.15) is 5.41 Å². The molecule has 6 rings (SSSR count). The van der Waals surface area contributed by atoms with E-state index < -0.39 is 16.9 Å². The van der Waals surface area contributed by atoms with Crippen LogP contribution < -0.4 is 9.47 Å². The zero-order chi connectivity index (χ0) is 27.4. The van der Waals surface area contributed by atoms with Crippen LogP contribution in [0.15, 0.2) is 53.7 Å². The zero-order valence-corrected chi connectivity index (χ0v) is 23.2. The number of carbonyl (C=O) groups is 2. The van der Waals surface area contributed by atoms with E-state index in [1.54, 1.807) is 0 Å². The second-order valence-corrected chi connectivity index (χ2v) is 11.1. The molecule has 4 aliphatic rings. The van der Waals surface area contributed by atoms with Crippen molar-refractivity contribution in [3.8, 4) is 11.5 Å². The van der Waals surface area contributed by atoms with E-state index in [1.165, 1.54) is 0 Å². The van der Waals surface area contributed by atoms with E-state index in [-0.39, 0.29) is 37.9 Å². The molecular weight excluding hydrogens is 494 g/mol. The minimum Gasteiger partial charge on any atom is -0.465 e. The van der Waals surface area contributed by atoms with Crippen molar-refractivity contribution in [2.75, 3.05) is 27.1 Å². The molecule has 0 amide bonds. The van der Waals surface area contributed by atoms with E-state index in [2.05, 4.69) is 4.90 Å². The molecule has 0 N–H and O–H groups in total. The number of esters is 2. The Labute approximate surface area is 230 Å². The first-order valence-electron chi connectivity index (χ1n) is 14.2. The third-order valence-corrected chi connectivity index (χ3v) is 9.58. The molecule has 0 unspecified atom stereocenters. The van der Waals surface area contributed by atoms with Crippen LogP contribution in [0.1, 0.15) is 63.1 Å². The van der Waals surface area contributed by atoms with Crippen LogP contribution >= 0.6 is 0 Å². The fraction of sp³-hybridized carbons (Fsp3) is 0.500. The van der Waals surface area contributed by atoms with E-state index in [9.17, 15) is 9.59 Å². The van der Waals surface area contributed by atoms with Gasteiger partial charge in [0, 0.05) is 25.1 Å². The first-order chi connectivity index (χ1) is 18.9. The summed E-state index contributed by atoms with van der Waals surface area (Å²) >= 11 is 0. The fourth-order valence-electron chi connectivity index (χ4n) is 8.00. The number of rotatable bonds is 6. The van der Waals surface area contributed by atoms with E-state index in [0.29, 0.717) is 17.7 Å². The van der Waals surface area contributed by atoms with E-state index >= 15 is 0 Å². The van der Waals surface area contributed by atoms with Crippen molar-refractivity contribution >= 4 is 11.9 Å². The summed E-state index contributed by atoms with van der Waals surface area (Å²) in [5.74, 6) is 0.501. The molecule has 2 aliphatic carbocycles. The van der Waals surface area contributed by atoms with Crippen LogP contribution in [-0.4, -0.2) is 43.9 Å². The van der Waals surface area contributed by atoms with Crippen LogP contribution in [0.25, 0.3) is 0 Å². The summed E-state index contributed by atoms with van der Waals surface area (Å²) in [5, 5.41) is 0. The van der Waals surface area contributed by atoms with Gasteiger partial charge in [-0.05, 0) is 68.4 Å². The largest absolute Gasteiger partial charge is 0.465 e. The number of likely N-dealkylation sites (N-methyl/N-ethyl adjacent to an activating group) is 1. The average molecular weight is 532 g/mol. The third kappa shape index (κ3) is 3.41. The highest BCUT2D eigenvalue weighted by atomic mass is 16.7. The molecule has 206 valence electrons. The summed E-state index contributed by atoms with van der Waals surface area (Å²) in [6.45, 7) is 6.37. The van der Waals surface area contributed by atoms with Crippen molar-refractivity contribution < 1.29 is 28.5 Å². The normalized spacial score (nSPS) is 27.4. The second-order valence-electron chi connectivity index (χ2n) is 11.1. The lowest BCUT2D eigenvalue weighted by atomic mass is 9.44. The molecule has 1 spiro atoms. The first kappa shape index (κ1) is 25.8. The molecule has 0 saturated heterocycles. The van der Waals surface area contributed by atoms with Gasteiger partial charge >= 0.3 is 11.9 Å². The highest BCUT2D eigenvalue weighted by molar-refractivity contribution is 5.96. The zero-order valence-electron chi connectivity index (χ0n) is 23.2. The lowest BCUT2D eigenvalue weighted by Crippen LogP contribution is -2.73.